The third-order valence-corrected chi connectivity index (χ3v) is 3.61. The van der Waals surface area contributed by atoms with E-state index in [-0.39, 0.29) is 0 Å². The van der Waals surface area contributed by atoms with Gasteiger partial charge in [0.2, 0.25) is 5.89 Å². The second kappa shape index (κ2) is 7.01. The summed E-state index contributed by atoms with van der Waals surface area (Å²) in [7, 11) is 3.53. The van der Waals surface area contributed by atoms with Crippen molar-refractivity contribution in [1.29, 1.82) is 0 Å². The molecule has 7 nitrogen and oxygen atoms in total. The summed E-state index contributed by atoms with van der Waals surface area (Å²) >= 11 is 0. The van der Waals surface area contributed by atoms with Gasteiger partial charge in [-0.25, -0.2) is 0 Å². The van der Waals surface area contributed by atoms with Crippen LogP contribution in [0.25, 0.3) is 0 Å². The maximum Gasteiger partial charge on any atom is 0.318 e. The van der Waals surface area contributed by atoms with Gasteiger partial charge in [0, 0.05) is 20.7 Å². The van der Waals surface area contributed by atoms with Crippen LogP contribution in [0.1, 0.15) is 31.6 Å². The fourth-order valence-electron chi connectivity index (χ4n) is 2.54. The van der Waals surface area contributed by atoms with E-state index in [0.717, 1.165) is 32.2 Å². The largest absolute Gasteiger partial charge is 0.407 e. The van der Waals surface area contributed by atoms with Gasteiger partial charge in [0.05, 0.1) is 25.3 Å². The predicted octanol–water partition coefficient (Wildman–Crippen LogP) is 0.547. The lowest BCUT2D eigenvalue weighted by Gasteiger charge is -2.27. The highest BCUT2D eigenvalue weighted by Crippen LogP contribution is 2.30. The molecule has 1 saturated carbocycles. The zero-order valence-corrected chi connectivity index (χ0v) is 12.3. The summed E-state index contributed by atoms with van der Waals surface area (Å²) < 4.78 is 10.5. The number of rotatable bonds is 8. The fraction of sp³-hybridized carbons (Fsp3) is 0.846. The second-order valence-corrected chi connectivity index (χ2v) is 5.44. The Hall–Kier alpha value is -1.18. The lowest BCUT2D eigenvalue weighted by molar-refractivity contribution is 0.0549. The third-order valence-electron chi connectivity index (χ3n) is 3.61. The average Bonchev–Trinajstić information content (AvgIpc) is 3.04. The van der Waals surface area contributed by atoms with Crippen molar-refractivity contribution in [2.75, 3.05) is 38.8 Å². The smallest absolute Gasteiger partial charge is 0.318 e. The quantitative estimate of drug-likeness (QED) is 0.674. The Morgan fingerprint density at radius 3 is 2.85 bits per heavy atom. The Balaban J connectivity index is 1.81. The average molecular weight is 284 g/mol. The SMILES string of the molecule is COCCNCc1nnc(N(C)CC2(O)CCCC2)o1. The third kappa shape index (κ3) is 4.16. The first-order valence-corrected chi connectivity index (χ1v) is 7.08. The summed E-state index contributed by atoms with van der Waals surface area (Å²) in [6.07, 6.45) is 3.86. The highest BCUT2D eigenvalue weighted by Gasteiger charge is 2.33. The van der Waals surface area contributed by atoms with Crippen LogP contribution in [0.3, 0.4) is 0 Å². The van der Waals surface area contributed by atoms with Gasteiger partial charge < -0.3 is 24.5 Å². The first-order valence-electron chi connectivity index (χ1n) is 7.08. The number of nitrogens with one attached hydrogen (secondary N) is 1. The van der Waals surface area contributed by atoms with Crippen molar-refractivity contribution in [2.45, 2.75) is 37.8 Å². The number of likely N-dealkylation sites (N-methyl/N-ethyl adjacent to an activating group) is 1. The van der Waals surface area contributed by atoms with Crippen LogP contribution in [-0.2, 0) is 11.3 Å². The summed E-state index contributed by atoms with van der Waals surface area (Å²) in [5, 5.41) is 21.5. The van der Waals surface area contributed by atoms with Crippen molar-refractivity contribution in [3.63, 3.8) is 0 Å². The molecule has 1 heterocycles. The van der Waals surface area contributed by atoms with Crippen LogP contribution < -0.4 is 10.2 Å². The predicted molar refractivity (Wildman–Crippen MR) is 74.6 cm³/mol. The van der Waals surface area contributed by atoms with Crippen molar-refractivity contribution in [2.24, 2.45) is 0 Å². The fourth-order valence-corrected chi connectivity index (χ4v) is 2.54. The molecule has 0 bridgehead atoms. The summed E-state index contributed by atoms with van der Waals surface area (Å²) in [5.74, 6) is 0.543. The summed E-state index contributed by atoms with van der Waals surface area (Å²) in [4.78, 5) is 1.83. The van der Waals surface area contributed by atoms with Crippen LogP contribution in [0.4, 0.5) is 6.01 Å². The first-order chi connectivity index (χ1) is 9.63. The number of aromatic nitrogens is 2. The molecule has 1 aliphatic carbocycles. The molecule has 0 saturated heterocycles. The normalized spacial score (nSPS) is 17.6. The molecular weight excluding hydrogens is 260 g/mol. The zero-order valence-electron chi connectivity index (χ0n) is 12.3. The number of anilines is 1. The highest BCUT2D eigenvalue weighted by molar-refractivity contribution is 5.23. The number of methoxy groups -OCH3 is 1. The maximum atomic E-state index is 10.4. The Morgan fingerprint density at radius 2 is 2.15 bits per heavy atom. The summed E-state index contributed by atoms with van der Waals surface area (Å²) in [5.41, 5.74) is -0.611. The first kappa shape index (κ1) is 15.2. The van der Waals surface area contributed by atoms with Gasteiger partial charge in [0.15, 0.2) is 0 Å². The van der Waals surface area contributed by atoms with Crippen molar-refractivity contribution < 1.29 is 14.3 Å². The molecule has 0 radical (unpaired) electrons. The van der Waals surface area contributed by atoms with E-state index in [1.807, 2.05) is 11.9 Å². The van der Waals surface area contributed by atoms with Crippen molar-refractivity contribution in [3.8, 4) is 0 Å². The molecule has 0 amide bonds. The van der Waals surface area contributed by atoms with Crippen LogP contribution in [0.2, 0.25) is 0 Å². The number of nitrogens with zero attached hydrogens (tertiary/aromatic N) is 3. The van der Waals surface area contributed by atoms with E-state index in [9.17, 15) is 5.11 Å². The monoisotopic (exact) mass is 284 g/mol. The standard InChI is InChI=1S/C13H24N4O3/c1-17(10-13(18)5-3-4-6-13)12-16-15-11(20-12)9-14-7-8-19-2/h14,18H,3-10H2,1-2H3. The molecule has 0 aromatic carbocycles. The molecule has 20 heavy (non-hydrogen) atoms. The molecule has 1 fully saturated rings. The van der Waals surface area contributed by atoms with Crippen LogP contribution in [-0.4, -0.2) is 54.8 Å². The number of hydrogen-bond acceptors (Lipinski definition) is 7. The number of hydrogen-bond donors (Lipinski definition) is 2. The van der Waals surface area contributed by atoms with Crippen LogP contribution in [0.5, 0.6) is 0 Å². The molecule has 1 aromatic rings. The van der Waals surface area contributed by atoms with Crippen molar-refractivity contribution >= 4 is 6.01 Å². The van der Waals surface area contributed by atoms with E-state index in [1.54, 1.807) is 7.11 Å². The zero-order chi connectivity index (χ0) is 14.4. The molecule has 0 spiro atoms. The van der Waals surface area contributed by atoms with Crippen LogP contribution >= 0.6 is 0 Å². The van der Waals surface area contributed by atoms with Gasteiger partial charge >= 0.3 is 6.01 Å². The topological polar surface area (TPSA) is 83.7 Å². The van der Waals surface area contributed by atoms with Gasteiger partial charge in [-0.1, -0.05) is 17.9 Å². The van der Waals surface area contributed by atoms with Crippen LogP contribution in [0, 0.1) is 0 Å². The van der Waals surface area contributed by atoms with Crippen molar-refractivity contribution in [3.05, 3.63) is 5.89 Å². The minimum Gasteiger partial charge on any atom is -0.407 e. The lowest BCUT2D eigenvalue weighted by atomic mass is 10.0. The Bertz CT molecular complexity index is 404. The van der Waals surface area contributed by atoms with Gasteiger partial charge in [0.1, 0.15) is 0 Å². The lowest BCUT2D eigenvalue weighted by Crippen LogP contribution is -2.39. The van der Waals surface area contributed by atoms with Gasteiger partial charge in [-0.2, -0.15) is 0 Å². The molecule has 114 valence electrons. The number of ether oxygens (including phenoxy) is 1. The Morgan fingerprint density at radius 1 is 1.40 bits per heavy atom. The Labute approximate surface area is 119 Å². The molecule has 0 atom stereocenters. The summed E-state index contributed by atoms with van der Waals surface area (Å²) in [6.45, 7) is 2.44. The molecule has 0 unspecified atom stereocenters. The molecule has 7 heteroatoms. The number of aliphatic hydroxyl groups is 1. The minimum atomic E-state index is -0.611. The van der Waals surface area contributed by atoms with Gasteiger partial charge in [-0.15, -0.1) is 5.10 Å². The Kier molecular flexibility index (Phi) is 5.33. The van der Waals surface area contributed by atoms with E-state index < -0.39 is 5.60 Å². The van der Waals surface area contributed by atoms with Gasteiger partial charge in [0.25, 0.3) is 0 Å². The minimum absolute atomic E-state index is 0.453. The van der Waals surface area contributed by atoms with Gasteiger partial charge in [-0.05, 0) is 12.8 Å². The summed E-state index contributed by atoms with van der Waals surface area (Å²) in [6, 6.07) is 0.453. The molecule has 1 aliphatic rings. The van der Waals surface area contributed by atoms with Crippen molar-refractivity contribution in [1.82, 2.24) is 15.5 Å². The molecule has 0 aliphatic heterocycles. The molecule has 1 aromatic heterocycles. The van der Waals surface area contributed by atoms with E-state index in [2.05, 4.69) is 15.5 Å². The van der Waals surface area contributed by atoms with Crippen LogP contribution in [0.15, 0.2) is 4.42 Å². The molecular formula is C13H24N4O3. The second-order valence-electron chi connectivity index (χ2n) is 5.44. The highest BCUT2D eigenvalue weighted by atomic mass is 16.5. The van der Waals surface area contributed by atoms with E-state index in [4.69, 9.17) is 9.15 Å². The molecule has 2 rings (SSSR count). The van der Waals surface area contributed by atoms with E-state index >= 15 is 0 Å². The van der Waals surface area contributed by atoms with Gasteiger partial charge in [-0.3, -0.25) is 0 Å². The maximum absolute atomic E-state index is 10.4. The molecule has 2 N–H and O–H groups in total. The van der Waals surface area contributed by atoms with E-state index in [0.29, 0.717) is 31.6 Å². The van der Waals surface area contributed by atoms with E-state index in [1.165, 1.54) is 0 Å².